The Morgan fingerprint density at radius 1 is 1.56 bits per heavy atom. The van der Waals surface area contributed by atoms with Crippen LogP contribution in [-0.2, 0) is 9.09 Å². The summed E-state index contributed by atoms with van der Waals surface area (Å²) in [6.07, 6.45) is 0. The molecule has 0 radical (unpaired) electrons. The van der Waals surface area contributed by atoms with Crippen LogP contribution in [0.25, 0.3) is 0 Å². The van der Waals surface area contributed by atoms with E-state index in [1.54, 1.807) is 6.92 Å². The summed E-state index contributed by atoms with van der Waals surface area (Å²) >= 11 is 5.84. The molecule has 0 N–H and O–H groups in total. The fraction of sp³-hybridized carbons (Fsp3) is 0.333. The van der Waals surface area contributed by atoms with Gasteiger partial charge in [-0.1, -0.05) is 11.6 Å². The molecule has 0 fully saturated rings. The zero-order chi connectivity index (χ0) is 12.3. The normalized spacial score (nSPS) is 14.4. The molecule has 16 heavy (non-hydrogen) atoms. The number of nitro groups is 1. The van der Waals surface area contributed by atoms with Crippen molar-refractivity contribution < 1.29 is 14.0 Å². The van der Waals surface area contributed by atoms with Crippen LogP contribution in [0.2, 0.25) is 5.02 Å². The van der Waals surface area contributed by atoms with Gasteiger partial charge < -0.3 is 4.52 Å². The number of benzene rings is 1. The number of halogens is 1. The first-order valence-corrected chi connectivity index (χ1v) is 7.00. The topological polar surface area (TPSA) is 69.4 Å². The number of rotatable bonds is 4. The van der Waals surface area contributed by atoms with Crippen molar-refractivity contribution in [2.45, 2.75) is 6.92 Å². The Bertz CT molecular complexity index is 463. The lowest BCUT2D eigenvalue weighted by Crippen LogP contribution is -2.08. The van der Waals surface area contributed by atoms with Crippen molar-refractivity contribution in [3.05, 3.63) is 33.3 Å². The van der Waals surface area contributed by atoms with E-state index in [0.717, 1.165) is 0 Å². The van der Waals surface area contributed by atoms with Crippen LogP contribution in [-0.4, -0.2) is 18.2 Å². The molecule has 0 aliphatic heterocycles. The van der Waals surface area contributed by atoms with E-state index in [9.17, 15) is 14.7 Å². The highest BCUT2D eigenvalue weighted by atomic mass is 35.5. The summed E-state index contributed by atoms with van der Waals surface area (Å²) in [6, 6.07) is 3.80. The lowest BCUT2D eigenvalue weighted by atomic mass is 10.3. The molecule has 1 aromatic rings. The molecule has 1 rings (SSSR count). The minimum atomic E-state index is -2.99. The van der Waals surface area contributed by atoms with Crippen molar-refractivity contribution in [2.75, 3.05) is 13.3 Å². The predicted molar refractivity (Wildman–Crippen MR) is 62.9 cm³/mol. The molecule has 1 atom stereocenters. The third-order valence-electron chi connectivity index (χ3n) is 1.96. The van der Waals surface area contributed by atoms with Crippen LogP contribution >= 0.6 is 19.0 Å². The molecular weight excluding hydrogens is 253 g/mol. The van der Waals surface area contributed by atoms with Crippen LogP contribution in [0.3, 0.4) is 0 Å². The molecule has 0 aliphatic rings. The van der Waals surface area contributed by atoms with Gasteiger partial charge in [-0.25, -0.2) is 0 Å². The van der Waals surface area contributed by atoms with Crippen LogP contribution in [0, 0.1) is 10.1 Å². The van der Waals surface area contributed by atoms with Crippen molar-refractivity contribution in [1.29, 1.82) is 0 Å². The Kier molecular flexibility index (Phi) is 4.08. The van der Waals surface area contributed by atoms with E-state index < -0.39 is 12.3 Å². The molecule has 7 heteroatoms. The summed E-state index contributed by atoms with van der Waals surface area (Å²) in [4.78, 5) is 9.93. The molecule has 0 heterocycles. The first-order valence-electron chi connectivity index (χ1n) is 4.55. The number of non-ortho nitro benzene ring substituents is 1. The maximum Gasteiger partial charge on any atom is 0.270 e. The second-order valence-corrected chi connectivity index (χ2v) is 6.00. The highest BCUT2D eigenvalue weighted by Gasteiger charge is 2.23. The van der Waals surface area contributed by atoms with Crippen LogP contribution in [0.1, 0.15) is 6.92 Å². The third-order valence-corrected chi connectivity index (χ3v) is 4.42. The molecule has 1 unspecified atom stereocenters. The molecule has 0 aromatic heterocycles. The predicted octanol–water partition coefficient (Wildman–Crippen LogP) is 2.82. The van der Waals surface area contributed by atoms with E-state index in [2.05, 4.69) is 0 Å². The Morgan fingerprint density at radius 3 is 2.62 bits per heavy atom. The van der Waals surface area contributed by atoms with E-state index in [1.807, 2.05) is 0 Å². The largest absolute Gasteiger partial charge is 0.326 e. The summed E-state index contributed by atoms with van der Waals surface area (Å²) < 4.78 is 17.1. The Hall–Kier alpha value is -0.900. The van der Waals surface area contributed by atoms with Crippen LogP contribution in [0.5, 0.6) is 0 Å². The quantitative estimate of drug-likeness (QED) is 0.476. The summed E-state index contributed by atoms with van der Waals surface area (Å²) in [5.74, 6) is 0. The number of nitro benzene ring substituents is 1. The number of hydrogen-bond donors (Lipinski definition) is 0. The second kappa shape index (κ2) is 4.95. The lowest BCUT2D eigenvalue weighted by Gasteiger charge is -2.13. The average Bonchev–Trinajstić information content (AvgIpc) is 2.16. The SMILES string of the molecule is CCOP(C)(=O)c1ccc([N+](=O)[O-])cc1Cl. The molecule has 0 saturated heterocycles. The highest BCUT2D eigenvalue weighted by molar-refractivity contribution is 7.66. The van der Waals surface area contributed by atoms with Gasteiger partial charge >= 0.3 is 0 Å². The van der Waals surface area contributed by atoms with Gasteiger partial charge in [0.2, 0.25) is 7.37 Å². The van der Waals surface area contributed by atoms with Crippen molar-refractivity contribution in [2.24, 2.45) is 0 Å². The summed E-state index contributed by atoms with van der Waals surface area (Å²) in [6.45, 7) is 3.44. The maximum absolute atomic E-state index is 12.0. The van der Waals surface area contributed by atoms with Crippen molar-refractivity contribution in [3.8, 4) is 0 Å². The van der Waals surface area contributed by atoms with Gasteiger partial charge in [0.15, 0.2) is 0 Å². The van der Waals surface area contributed by atoms with E-state index in [0.29, 0.717) is 11.9 Å². The monoisotopic (exact) mass is 263 g/mol. The molecule has 88 valence electrons. The maximum atomic E-state index is 12.0. The molecule has 0 spiro atoms. The molecular formula is C9H11ClNO4P. The molecule has 0 saturated carbocycles. The van der Waals surface area contributed by atoms with Crippen molar-refractivity contribution >= 4 is 30.0 Å². The Morgan fingerprint density at radius 2 is 2.19 bits per heavy atom. The van der Waals surface area contributed by atoms with E-state index in [4.69, 9.17) is 16.1 Å². The molecule has 1 aromatic carbocycles. The first kappa shape index (κ1) is 13.2. The fourth-order valence-corrected chi connectivity index (χ4v) is 3.32. The van der Waals surface area contributed by atoms with E-state index >= 15 is 0 Å². The lowest BCUT2D eigenvalue weighted by molar-refractivity contribution is -0.384. The number of nitrogens with zero attached hydrogens (tertiary/aromatic N) is 1. The van der Waals surface area contributed by atoms with Crippen LogP contribution < -0.4 is 5.30 Å². The summed E-state index contributed by atoms with van der Waals surface area (Å²) in [7, 11) is -2.99. The standard InChI is InChI=1S/C9H11ClNO4P/c1-3-15-16(2,14)9-5-4-7(11(12)13)6-8(9)10/h4-6H,3H2,1-2H3. The number of hydrogen-bond acceptors (Lipinski definition) is 4. The third kappa shape index (κ3) is 2.82. The summed E-state index contributed by atoms with van der Waals surface area (Å²) in [5.41, 5.74) is -0.134. The first-order chi connectivity index (χ1) is 7.38. The zero-order valence-electron chi connectivity index (χ0n) is 8.84. The zero-order valence-corrected chi connectivity index (χ0v) is 10.5. The minimum absolute atomic E-state index is 0.0912. The van der Waals surface area contributed by atoms with Gasteiger partial charge in [-0.05, 0) is 13.0 Å². The second-order valence-electron chi connectivity index (χ2n) is 3.16. The van der Waals surface area contributed by atoms with Gasteiger partial charge in [-0.15, -0.1) is 0 Å². The van der Waals surface area contributed by atoms with Gasteiger partial charge in [0.25, 0.3) is 5.69 Å². The van der Waals surface area contributed by atoms with Crippen molar-refractivity contribution in [3.63, 3.8) is 0 Å². The van der Waals surface area contributed by atoms with Gasteiger partial charge in [0.1, 0.15) is 0 Å². The van der Waals surface area contributed by atoms with Crippen LogP contribution in [0.15, 0.2) is 18.2 Å². The Labute approximate surface area is 98.0 Å². The molecule has 0 bridgehead atoms. The van der Waals surface area contributed by atoms with Gasteiger partial charge in [-0.3, -0.25) is 14.7 Å². The molecule has 0 amide bonds. The van der Waals surface area contributed by atoms with Crippen LogP contribution in [0.4, 0.5) is 5.69 Å². The average molecular weight is 264 g/mol. The van der Waals surface area contributed by atoms with Gasteiger partial charge in [0, 0.05) is 18.8 Å². The van der Waals surface area contributed by atoms with Gasteiger partial charge in [0.05, 0.1) is 21.9 Å². The highest BCUT2D eigenvalue weighted by Crippen LogP contribution is 2.43. The van der Waals surface area contributed by atoms with E-state index in [-0.39, 0.29) is 10.7 Å². The smallest absolute Gasteiger partial charge is 0.270 e. The molecule has 0 aliphatic carbocycles. The van der Waals surface area contributed by atoms with Crippen molar-refractivity contribution in [1.82, 2.24) is 0 Å². The molecule has 5 nitrogen and oxygen atoms in total. The fourth-order valence-electron chi connectivity index (χ4n) is 1.25. The van der Waals surface area contributed by atoms with Gasteiger partial charge in [-0.2, -0.15) is 0 Å². The minimum Gasteiger partial charge on any atom is -0.326 e. The van der Waals surface area contributed by atoms with E-state index in [1.165, 1.54) is 24.9 Å². The summed E-state index contributed by atoms with van der Waals surface area (Å²) in [5, 5.41) is 10.9. The Balaban J connectivity index is 3.18.